The number of hydrogen-bond acceptors (Lipinski definition) is 3. The SMILES string of the molecule is CCC(N)CC(=O)Cc1ccc(OC)c(F)c1. The Bertz CT molecular complexity index is 393. The summed E-state index contributed by atoms with van der Waals surface area (Å²) in [4.78, 5) is 11.6. The van der Waals surface area contributed by atoms with Gasteiger partial charge >= 0.3 is 0 Å². The fourth-order valence-electron chi connectivity index (χ4n) is 1.56. The van der Waals surface area contributed by atoms with Gasteiger partial charge in [-0.3, -0.25) is 4.79 Å². The second-order valence-corrected chi connectivity index (χ2v) is 4.06. The summed E-state index contributed by atoms with van der Waals surface area (Å²) in [6.07, 6.45) is 1.32. The topological polar surface area (TPSA) is 52.3 Å². The lowest BCUT2D eigenvalue weighted by Crippen LogP contribution is -2.23. The third kappa shape index (κ3) is 4.15. The van der Waals surface area contributed by atoms with Crippen molar-refractivity contribution in [3.8, 4) is 5.75 Å². The Morgan fingerprint density at radius 3 is 2.76 bits per heavy atom. The van der Waals surface area contributed by atoms with E-state index in [4.69, 9.17) is 10.5 Å². The zero-order valence-corrected chi connectivity index (χ0v) is 10.2. The lowest BCUT2D eigenvalue weighted by Gasteiger charge is -2.08. The summed E-state index contributed by atoms with van der Waals surface area (Å²) < 4.78 is 18.2. The van der Waals surface area contributed by atoms with Gasteiger partial charge in [0.2, 0.25) is 0 Å². The van der Waals surface area contributed by atoms with Gasteiger partial charge in [0, 0.05) is 18.9 Å². The Labute approximate surface area is 101 Å². The first-order valence-electron chi connectivity index (χ1n) is 5.66. The molecule has 0 radical (unpaired) electrons. The van der Waals surface area contributed by atoms with E-state index in [1.165, 1.54) is 19.2 Å². The van der Waals surface area contributed by atoms with E-state index in [1.807, 2.05) is 6.92 Å². The number of ether oxygens (including phenoxy) is 1. The molecule has 1 atom stereocenters. The summed E-state index contributed by atoms with van der Waals surface area (Å²) in [5, 5.41) is 0. The van der Waals surface area contributed by atoms with Crippen LogP contribution in [0.2, 0.25) is 0 Å². The Morgan fingerprint density at radius 2 is 2.24 bits per heavy atom. The normalized spacial score (nSPS) is 12.2. The van der Waals surface area contributed by atoms with Crippen molar-refractivity contribution in [2.45, 2.75) is 32.2 Å². The van der Waals surface area contributed by atoms with Crippen LogP contribution < -0.4 is 10.5 Å². The van der Waals surface area contributed by atoms with Crippen molar-refractivity contribution >= 4 is 5.78 Å². The molecule has 0 saturated heterocycles. The minimum atomic E-state index is -0.447. The Morgan fingerprint density at radius 1 is 1.53 bits per heavy atom. The van der Waals surface area contributed by atoms with Crippen LogP contribution in [0.4, 0.5) is 4.39 Å². The fourth-order valence-corrected chi connectivity index (χ4v) is 1.56. The Hall–Kier alpha value is -1.42. The molecule has 0 saturated carbocycles. The molecule has 1 aromatic carbocycles. The number of methoxy groups -OCH3 is 1. The second-order valence-electron chi connectivity index (χ2n) is 4.06. The molecule has 1 aromatic rings. The van der Waals surface area contributed by atoms with Crippen molar-refractivity contribution in [1.82, 2.24) is 0 Å². The molecule has 17 heavy (non-hydrogen) atoms. The first-order chi connectivity index (χ1) is 8.06. The summed E-state index contributed by atoms with van der Waals surface area (Å²) >= 11 is 0. The maximum Gasteiger partial charge on any atom is 0.165 e. The second kappa shape index (κ2) is 6.35. The molecular formula is C13H18FNO2. The predicted octanol–water partition coefficient (Wildman–Crippen LogP) is 2.07. The molecule has 0 spiro atoms. The zero-order chi connectivity index (χ0) is 12.8. The van der Waals surface area contributed by atoms with Crippen LogP contribution in [0.25, 0.3) is 0 Å². The highest BCUT2D eigenvalue weighted by Gasteiger charge is 2.10. The molecular weight excluding hydrogens is 221 g/mol. The molecule has 4 heteroatoms. The number of carbonyl (C=O) groups excluding carboxylic acids is 1. The highest BCUT2D eigenvalue weighted by atomic mass is 19.1. The molecule has 0 fully saturated rings. The summed E-state index contributed by atoms with van der Waals surface area (Å²) in [5.74, 6) is -0.229. The van der Waals surface area contributed by atoms with Crippen molar-refractivity contribution in [2.75, 3.05) is 7.11 Å². The molecule has 0 bridgehead atoms. The van der Waals surface area contributed by atoms with Gasteiger partial charge in [0.1, 0.15) is 5.78 Å². The van der Waals surface area contributed by atoms with Gasteiger partial charge in [0.15, 0.2) is 11.6 Å². The molecule has 2 N–H and O–H groups in total. The average molecular weight is 239 g/mol. The Balaban J connectivity index is 2.63. The number of carbonyl (C=O) groups is 1. The standard InChI is InChI=1S/C13H18FNO2/c1-3-10(15)8-11(16)6-9-4-5-13(17-2)12(14)7-9/h4-5,7,10H,3,6,8,15H2,1-2H3. The van der Waals surface area contributed by atoms with Crippen molar-refractivity contribution in [2.24, 2.45) is 5.73 Å². The van der Waals surface area contributed by atoms with Crippen LogP contribution in [0.3, 0.4) is 0 Å². The molecule has 0 aromatic heterocycles. The van der Waals surface area contributed by atoms with Gasteiger partial charge < -0.3 is 10.5 Å². The Kier molecular flexibility index (Phi) is 5.10. The van der Waals surface area contributed by atoms with Gasteiger partial charge in [0.05, 0.1) is 7.11 Å². The molecule has 0 amide bonds. The third-order valence-electron chi connectivity index (χ3n) is 2.63. The van der Waals surface area contributed by atoms with E-state index in [2.05, 4.69) is 0 Å². The molecule has 0 aliphatic heterocycles. The van der Waals surface area contributed by atoms with Crippen LogP contribution in [0.15, 0.2) is 18.2 Å². The molecule has 0 heterocycles. The van der Waals surface area contributed by atoms with E-state index in [9.17, 15) is 9.18 Å². The number of rotatable bonds is 6. The lowest BCUT2D eigenvalue weighted by atomic mass is 10.0. The maximum absolute atomic E-state index is 13.4. The first kappa shape index (κ1) is 13.6. The van der Waals surface area contributed by atoms with E-state index in [0.717, 1.165) is 6.42 Å². The van der Waals surface area contributed by atoms with E-state index < -0.39 is 5.82 Å². The first-order valence-corrected chi connectivity index (χ1v) is 5.66. The van der Waals surface area contributed by atoms with Crippen LogP contribution in [0, 0.1) is 5.82 Å². The quantitative estimate of drug-likeness (QED) is 0.826. The highest BCUT2D eigenvalue weighted by Crippen LogP contribution is 2.18. The van der Waals surface area contributed by atoms with Crippen LogP contribution in [-0.4, -0.2) is 18.9 Å². The predicted molar refractivity (Wildman–Crippen MR) is 64.5 cm³/mol. The van der Waals surface area contributed by atoms with Crippen molar-refractivity contribution in [3.63, 3.8) is 0 Å². The number of hydrogen-bond donors (Lipinski definition) is 1. The summed E-state index contributed by atoms with van der Waals surface area (Å²) in [6, 6.07) is 4.44. The van der Waals surface area contributed by atoms with Crippen LogP contribution in [0.1, 0.15) is 25.3 Å². The number of ketones is 1. The van der Waals surface area contributed by atoms with Crippen LogP contribution in [0.5, 0.6) is 5.75 Å². The van der Waals surface area contributed by atoms with Gasteiger partial charge in [-0.2, -0.15) is 0 Å². The van der Waals surface area contributed by atoms with Crippen LogP contribution in [-0.2, 0) is 11.2 Å². The number of Topliss-reactive ketones (excluding diaryl/α,β-unsaturated/α-hetero) is 1. The monoisotopic (exact) mass is 239 g/mol. The molecule has 1 rings (SSSR count). The third-order valence-corrected chi connectivity index (χ3v) is 2.63. The smallest absolute Gasteiger partial charge is 0.165 e. The molecule has 0 aliphatic carbocycles. The minimum Gasteiger partial charge on any atom is -0.494 e. The molecule has 1 unspecified atom stereocenters. The van der Waals surface area contributed by atoms with Gasteiger partial charge in [-0.1, -0.05) is 13.0 Å². The van der Waals surface area contributed by atoms with Gasteiger partial charge in [-0.05, 0) is 24.1 Å². The summed E-state index contributed by atoms with van der Waals surface area (Å²) in [7, 11) is 1.41. The van der Waals surface area contributed by atoms with E-state index in [1.54, 1.807) is 6.07 Å². The molecule has 0 aliphatic rings. The van der Waals surface area contributed by atoms with E-state index in [-0.39, 0.29) is 24.0 Å². The van der Waals surface area contributed by atoms with Crippen molar-refractivity contribution < 1.29 is 13.9 Å². The van der Waals surface area contributed by atoms with E-state index >= 15 is 0 Å². The fraction of sp³-hybridized carbons (Fsp3) is 0.462. The largest absolute Gasteiger partial charge is 0.494 e. The molecule has 3 nitrogen and oxygen atoms in total. The molecule has 94 valence electrons. The van der Waals surface area contributed by atoms with Crippen molar-refractivity contribution in [3.05, 3.63) is 29.6 Å². The lowest BCUT2D eigenvalue weighted by molar-refractivity contribution is -0.118. The van der Waals surface area contributed by atoms with Gasteiger partial charge in [-0.15, -0.1) is 0 Å². The number of halogens is 1. The summed E-state index contributed by atoms with van der Waals surface area (Å²) in [5.41, 5.74) is 6.34. The van der Waals surface area contributed by atoms with Crippen LogP contribution >= 0.6 is 0 Å². The highest BCUT2D eigenvalue weighted by molar-refractivity contribution is 5.81. The van der Waals surface area contributed by atoms with Gasteiger partial charge in [0.25, 0.3) is 0 Å². The van der Waals surface area contributed by atoms with E-state index in [0.29, 0.717) is 12.0 Å². The van der Waals surface area contributed by atoms with Gasteiger partial charge in [-0.25, -0.2) is 4.39 Å². The zero-order valence-electron chi connectivity index (χ0n) is 10.2. The maximum atomic E-state index is 13.4. The minimum absolute atomic E-state index is 0.0314. The number of benzene rings is 1. The van der Waals surface area contributed by atoms with Crippen molar-refractivity contribution in [1.29, 1.82) is 0 Å². The average Bonchev–Trinajstić information content (AvgIpc) is 2.29. The summed E-state index contributed by atoms with van der Waals surface area (Å²) in [6.45, 7) is 1.94. The number of nitrogens with two attached hydrogens (primary N) is 1.